The molecule has 2 aromatic rings. The van der Waals surface area contributed by atoms with E-state index in [4.69, 9.17) is 14.9 Å². The highest BCUT2D eigenvalue weighted by Crippen LogP contribution is 2.34. The standard InChI is InChI=1S/C16H14O6S/c17-15(18)21-12-6-4-10(5-7-12)13-3-1-2-11(8-9-23)14(13)22-16(19)20/h1-7,23H,8-9H2,(H,17,18)(H,19,20). The van der Waals surface area contributed by atoms with E-state index < -0.39 is 12.3 Å². The molecule has 2 N–H and O–H groups in total. The van der Waals surface area contributed by atoms with Crippen molar-refractivity contribution in [3.8, 4) is 22.6 Å². The van der Waals surface area contributed by atoms with E-state index in [2.05, 4.69) is 17.4 Å². The summed E-state index contributed by atoms with van der Waals surface area (Å²) >= 11 is 4.16. The topological polar surface area (TPSA) is 93.1 Å². The summed E-state index contributed by atoms with van der Waals surface area (Å²) < 4.78 is 9.48. The van der Waals surface area contributed by atoms with Gasteiger partial charge in [-0.3, -0.25) is 0 Å². The summed E-state index contributed by atoms with van der Waals surface area (Å²) in [6.45, 7) is 0. The number of benzene rings is 2. The Bertz CT molecular complexity index is 711. The Kier molecular flexibility index (Phi) is 5.48. The van der Waals surface area contributed by atoms with E-state index in [0.29, 0.717) is 23.3 Å². The molecule has 0 amide bonds. The van der Waals surface area contributed by atoms with E-state index in [1.807, 2.05) is 0 Å². The third kappa shape index (κ3) is 4.40. The highest BCUT2D eigenvalue weighted by atomic mass is 32.1. The molecule has 0 aromatic heterocycles. The van der Waals surface area contributed by atoms with Gasteiger partial charge in [0.15, 0.2) is 0 Å². The predicted molar refractivity (Wildman–Crippen MR) is 86.7 cm³/mol. The minimum atomic E-state index is -1.40. The molecule has 0 atom stereocenters. The Morgan fingerprint density at radius 1 is 0.957 bits per heavy atom. The van der Waals surface area contributed by atoms with Crippen LogP contribution in [-0.2, 0) is 6.42 Å². The second-order valence-electron chi connectivity index (χ2n) is 4.53. The third-order valence-corrected chi connectivity index (χ3v) is 3.26. The molecule has 0 aliphatic carbocycles. The minimum Gasteiger partial charge on any atom is -0.449 e. The van der Waals surface area contributed by atoms with Crippen LogP contribution in [0.3, 0.4) is 0 Å². The Morgan fingerprint density at radius 2 is 1.61 bits per heavy atom. The quantitative estimate of drug-likeness (QED) is 0.436. The summed E-state index contributed by atoms with van der Waals surface area (Å²) in [5, 5.41) is 17.5. The van der Waals surface area contributed by atoms with Crippen molar-refractivity contribution in [3.05, 3.63) is 48.0 Å². The van der Waals surface area contributed by atoms with Gasteiger partial charge in [0.2, 0.25) is 0 Å². The SMILES string of the molecule is O=C(O)Oc1ccc(-c2cccc(CCS)c2OC(=O)O)cc1. The molecule has 0 heterocycles. The van der Waals surface area contributed by atoms with Crippen LogP contribution >= 0.6 is 12.6 Å². The van der Waals surface area contributed by atoms with Crippen LogP contribution in [0.5, 0.6) is 11.5 Å². The molecular formula is C16H14O6S. The van der Waals surface area contributed by atoms with Gasteiger partial charge in [-0.25, -0.2) is 9.59 Å². The van der Waals surface area contributed by atoms with E-state index in [9.17, 15) is 9.59 Å². The molecule has 2 aromatic carbocycles. The van der Waals surface area contributed by atoms with Gasteiger partial charge in [-0.1, -0.05) is 30.3 Å². The number of thiol groups is 1. The van der Waals surface area contributed by atoms with Crippen LogP contribution < -0.4 is 9.47 Å². The summed E-state index contributed by atoms with van der Waals surface area (Å²) in [6.07, 6.45) is -2.24. The minimum absolute atomic E-state index is 0.175. The van der Waals surface area contributed by atoms with Crippen LogP contribution in [-0.4, -0.2) is 28.3 Å². The van der Waals surface area contributed by atoms with Crippen molar-refractivity contribution < 1.29 is 29.3 Å². The van der Waals surface area contributed by atoms with Crippen molar-refractivity contribution in [1.29, 1.82) is 0 Å². The molecular weight excluding hydrogens is 320 g/mol. The molecule has 0 aliphatic rings. The molecule has 120 valence electrons. The van der Waals surface area contributed by atoms with Crippen LogP contribution in [0, 0.1) is 0 Å². The van der Waals surface area contributed by atoms with Crippen LogP contribution in [0.1, 0.15) is 5.56 Å². The highest BCUT2D eigenvalue weighted by Gasteiger charge is 2.15. The van der Waals surface area contributed by atoms with Gasteiger partial charge in [-0.05, 0) is 35.4 Å². The summed E-state index contributed by atoms with van der Waals surface area (Å²) in [7, 11) is 0. The number of ether oxygens (including phenoxy) is 2. The zero-order chi connectivity index (χ0) is 16.8. The molecule has 0 saturated carbocycles. The van der Waals surface area contributed by atoms with Gasteiger partial charge in [-0.15, -0.1) is 0 Å². The first kappa shape index (κ1) is 16.7. The van der Waals surface area contributed by atoms with Crippen molar-refractivity contribution in [2.24, 2.45) is 0 Å². The lowest BCUT2D eigenvalue weighted by atomic mass is 10.00. The monoisotopic (exact) mass is 334 g/mol. The number of hydrogen-bond acceptors (Lipinski definition) is 5. The van der Waals surface area contributed by atoms with Gasteiger partial charge in [0.05, 0.1) is 0 Å². The number of hydrogen-bond donors (Lipinski definition) is 3. The zero-order valence-corrected chi connectivity index (χ0v) is 12.8. The Labute approximate surface area is 137 Å². The molecule has 0 bridgehead atoms. The first-order valence-electron chi connectivity index (χ1n) is 6.66. The lowest BCUT2D eigenvalue weighted by molar-refractivity contribution is 0.143. The lowest BCUT2D eigenvalue weighted by Crippen LogP contribution is -2.07. The summed E-state index contributed by atoms with van der Waals surface area (Å²) in [5.74, 6) is 0.972. The maximum atomic E-state index is 11.0. The van der Waals surface area contributed by atoms with Crippen molar-refractivity contribution in [3.63, 3.8) is 0 Å². The molecule has 2 rings (SSSR count). The van der Waals surface area contributed by atoms with Gasteiger partial charge in [0.25, 0.3) is 0 Å². The summed E-state index contributed by atoms with van der Waals surface area (Å²) in [6, 6.07) is 11.5. The molecule has 0 saturated heterocycles. The Balaban J connectivity index is 2.43. The average molecular weight is 334 g/mol. The van der Waals surface area contributed by atoms with Gasteiger partial charge < -0.3 is 19.7 Å². The molecule has 23 heavy (non-hydrogen) atoms. The molecule has 6 nitrogen and oxygen atoms in total. The maximum Gasteiger partial charge on any atom is 0.511 e. The van der Waals surface area contributed by atoms with E-state index in [-0.39, 0.29) is 11.5 Å². The van der Waals surface area contributed by atoms with Crippen molar-refractivity contribution >= 4 is 24.9 Å². The van der Waals surface area contributed by atoms with Crippen molar-refractivity contribution in [1.82, 2.24) is 0 Å². The number of rotatable bonds is 5. The Morgan fingerprint density at radius 3 is 2.17 bits per heavy atom. The molecule has 0 radical (unpaired) electrons. The molecule has 0 aliphatic heterocycles. The molecule has 0 unspecified atom stereocenters. The highest BCUT2D eigenvalue weighted by molar-refractivity contribution is 7.80. The van der Waals surface area contributed by atoms with Crippen LogP contribution in [0.25, 0.3) is 11.1 Å². The van der Waals surface area contributed by atoms with Gasteiger partial charge in [-0.2, -0.15) is 12.6 Å². The predicted octanol–water partition coefficient (Wildman–Crippen LogP) is 3.94. The van der Waals surface area contributed by atoms with E-state index >= 15 is 0 Å². The van der Waals surface area contributed by atoms with E-state index in [0.717, 1.165) is 5.56 Å². The van der Waals surface area contributed by atoms with E-state index in [1.165, 1.54) is 12.1 Å². The van der Waals surface area contributed by atoms with Crippen molar-refractivity contribution in [2.75, 3.05) is 5.75 Å². The fraction of sp³-hybridized carbons (Fsp3) is 0.125. The van der Waals surface area contributed by atoms with E-state index in [1.54, 1.807) is 30.3 Å². The van der Waals surface area contributed by atoms with Gasteiger partial charge in [0.1, 0.15) is 11.5 Å². The lowest BCUT2D eigenvalue weighted by Gasteiger charge is -2.13. The fourth-order valence-electron chi connectivity index (χ4n) is 2.14. The van der Waals surface area contributed by atoms with Crippen molar-refractivity contribution in [2.45, 2.75) is 6.42 Å². The fourth-order valence-corrected chi connectivity index (χ4v) is 2.38. The first-order valence-corrected chi connectivity index (χ1v) is 7.29. The molecule has 0 fully saturated rings. The smallest absolute Gasteiger partial charge is 0.449 e. The molecule has 7 heteroatoms. The number of carboxylic acid groups (broad SMARTS) is 2. The largest absolute Gasteiger partial charge is 0.511 e. The average Bonchev–Trinajstić information content (AvgIpc) is 2.49. The van der Waals surface area contributed by atoms with Crippen LogP contribution in [0.2, 0.25) is 0 Å². The van der Waals surface area contributed by atoms with Crippen LogP contribution in [0.15, 0.2) is 42.5 Å². The van der Waals surface area contributed by atoms with Gasteiger partial charge in [0, 0.05) is 5.56 Å². The second-order valence-corrected chi connectivity index (χ2v) is 4.97. The summed E-state index contributed by atoms with van der Waals surface area (Å²) in [5.41, 5.74) is 2.00. The second kappa shape index (κ2) is 7.55. The normalized spacial score (nSPS) is 10.1. The number of para-hydroxylation sites is 1. The Hall–Kier alpha value is -2.67. The zero-order valence-electron chi connectivity index (χ0n) is 11.9. The third-order valence-electron chi connectivity index (χ3n) is 3.04. The van der Waals surface area contributed by atoms with Gasteiger partial charge >= 0.3 is 12.3 Å². The maximum absolute atomic E-state index is 11.0. The number of aryl methyl sites for hydroxylation is 1. The number of carbonyl (C=O) groups is 2. The summed E-state index contributed by atoms with van der Waals surface area (Å²) in [4.78, 5) is 21.5. The molecule has 0 spiro atoms. The first-order chi connectivity index (χ1) is 11.0. The van der Waals surface area contributed by atoms with Crippen LogP contribution in [0.4, 0.5) is 9.59 Å².